The number of amides is 1. The third-order valence-corrected chi connectivity index (χ3v) is 4.00. The van der Waals surface area contributed by atoms with E-state index in [1.165, 1.54) is 6.07 Å². The second-order valence-corrected chi connectivity index (χ2v) is 5.47. The van der Waals surface area contributed by atoms with Gasteiger partial charge in [-0.2, -0.15) is 0 Å². The second-order valence-electron chi connectivity index (χ2n) is 5.47. The second kappa shape index (κ2) is 5.79. The zero-order valence-electron chi connectivity index (χ0n) is 12.4. The number of carbonyl (C=O) groups is 1. The number of carbonyl (C=O) groups excluding carboxylic acids is 1. The Bertz CT molecular complexity index is 678. The summed E-state index contributed by atoms with van der Waals surface area (Å²) in [6.07, 6.45) is 1.35. The maximum absolute atomic E-state index is 14.0. The number of hydrogen-bond donors (Lipinski definition) is 1. The monoisotopic (exact) mass is 299 g/mol. The highest BCUT2D eigenvalue weighted by Gasteiger charge is 2.52. The van der Waals surface area contributed by atoms with E-state index < -0.39 is 5.41 Å². The molecule has 1 fully saturated rings. The molecule has 0 spiro atoms. The van der Waals surface area contributed by atoms with Crippen LogP contribution in [-0.4, -0.2) is 12.5 Å². The van der Waals surface area contributed by atoms with Crippen molar-refractivity contribution in [2.24, 2.45) is 0 Å². The van der Waals surface area contributed by atoms with Crippen molar-refractivity contribution in [3.8, 4) is 5.75 Å². The van der Waals surface area contributed by atoms with Crippen LogP contribution in [-0.2, 0) is 10.2 Å². The van der Waals surface area contributed by atoms with Crippen LogP contribution >= 0.6 is 0 Å². The fourth-order valence-corrected chi connectivity index (χ4v) is 2.64. The first-order chi connectivity index (χ1) is 10.7. The Hall–Kier alpha value is -2.36. The van der Waals surface area contributed by atoms with Crippen molar-refractivity contribution in [2.75, 3.05) is 11.9 Å². The van der Waals surface area contributed by atoms with Crippen molar-refractivity contribution in [2.45, 2.75) is 25.2 Å². The number of ether oxygens (including phenoxy) is 1. The van der Waals surface area contributed by atoms with Gasteiger partial charge >= 0.3 is 0 Å². The Kier molecular flexibility index (Phi) is 3.84. The highest BCUT2D eigenvalue weighted by molar-refractivity contribution is 6.01. The molecule has 3 nitrogen and oxygen atoms in total. The summed E-state index contributed by atoms with van der Waals surface area (Å²) < 4.78 is 19.3. The van der Waals surface area contributed by atoms with E-state index in [4.69, 9.17) is 4.74 Å². The van der Waals surface area contributed by atoms with Crippen LogP contribution in [0.5, 0.6) is 5.75 Å². The zero-order valence-corrected chi connectivity index (χ0v) is 12.4. The van der Waals surface area contributed by atoms with Gasteiger partial charge in [0.15, 0.2) is 0 Å². The molecule has 0 radical (unpaired) electrons. The van der Waals surface area contributed by atoms with E-state index in [0.29, 0.717) is 30.7 Å². The molecule has 0 atom stereocenters. The van der Waals surface area contributed by atoms with Crippen LogP contribution in [0.15, 0.2) is 48.5 Å². The van der Waals surface area contributed by atoms with Gasteiger partial charge in [0, 0.05) is 11.3 Å². The minimum absolute atomic E-state index is 0.151. The lowest BCUT2D eigenvalue weighted by Crippen LogP contribution is -2.28. The van der Waals surface area contributed by atoms with Crippen molar-refractivity contribution in [1.29, 1.82) is 0 Å². The molecule has 2 aromatic rings. The molecule has 1 aliphatic rings. The third kappa shape index (κ3) is 2.69. The molecule has 22 heavy (non-hydrogen) atoms. The maximum atomic E-state index is 14.0. The van der Waals surface area contributed by atoms with E-state index in [-0.39, 0.29) is 11.7 Å². The summed E-state index contributed by atoms with van der Waals surface area (Å²) >= 11 is 0. The standard InChI is InChI=1S/C18H18FNO2/c1-2-22-14-9-7-13(8-10-14)20-17(21)18(11-12-18)15-5-3-4-6-16(15)19/h3-10H,2,11-12H2,1H3,(H,20,21). The van der Waals surface area contributed by atoms with Gasteiger partial charge in [0.2, 0.25) is 5.91 Å². The average molecular weight is 299 g/mol. The molecule has 114 valence electrons. The first-order valence-electron chi connectivity index (χ1n) is 7.45. The normalized spacial score (nSPS) is 15.2. The lowest BCUT2D eigenvalue weighted by atomic mass is 9.94. The van der Waals surface area contributed by atoms with Gasteiger partial charge in [-0.3, -0.25) is 4.79 Å². The molecule has 4 heteroatoms. The molecular formula is C18H18FNO2. The van der Waals surface area contributed by atoms with Gasteiger partial charge in [0.1, 0.15) is 11.6 Å². The topological polar surface area (TPSA) is 38.3 Å². The smallest absolute Gasteiger partial charge is 0.235 e. The lowest BCUT2D eigenvalue weighted by Gasteiger charge is -2.16. The lowest BCUT2D eigenvalue weighted by molar-refractivity contribution is -0.118. The van der Waals surface area contributed by atoms with E-state index >= 15 is 0 Å². The van der Waals surface area contributed by atoms with Crippen LogP contribution in [0.3, 0.4) is 0 Å². The van der Waals surface area contributed by atoms with Crippen molar-refractivity contribution >= 4 is 11.6 Å². The predicted octanol–water partition coefficient (Wildman–Crippen LogP) is 3.89. The summed E-state index contributed by atoms with van der Waals surface area (Å²) in [6.45, 7) is 2.52. The van der Waals surface area contributed by atoms with Crippen LogP contribution in [0.1, 0.15) is 25.3 Å². The highest BCUT2D eigenvalue weighted by atomic mass is 19.1. The van der Waals surface area contributed by atoms with Crippen molar-refractivity contribution in [1.82, 2.24) is 0 Å². The van der Waals surface area contributed by atoms with Crippen LogP contribution in [0.4, 0.5) is 10.1 Å². The molecule has 1 saturated carbocycles. The maximum Gasteiger partial charge on any atom is 0.235 e. The Labute approximate surface area is 129 Å². The van der Waals surface area contributed by atoms with Crippen LogP contribution < -0.4 is 10.1 Å². The molecule has 1 N–H and O–H groups in total. The largest absolute Gasteiger partial charge is 0.494 e. The zero-order chi connectivity index (χ0) is 15.6. The number of halogens is 1. The summed E-state index contributed by atoms with van der Waals surface area (Å²) in [5, 5.41) is 2.88. The Balaban J connectivity index is 1.76. The number of anilines is 1. The SMILES string of the molecule is CCOc1ccc(NC(=O)C2(c3ccccc3F)CC2)cc1. The molecule has 1 aliphatic carbocycles. The minimum Gasteiger partial charge on any atom is -0.494 e. The van der Waals surface area contributed by atoms with E-state index in [2.05, 4.69) is 5.32 Å². The van der Waals surface area contributed by atoms with Crippen LogP contribution in [0, 0.1) is 5.82 Å². The van der Waals surface area contributed by atoms with Crippen LogP contribution in [0.2, 0.25) is 0 Å². The van der Waals surface area contributed by atoms with Gasteiger partial charge in [0.25, 0.3) is 0 Å². The van der Waals surface area contributed by atoms with E-state index in [1.807, 2.05) is 19.1 Å². The fraction of sp³-hybridized carbons (Fsp3) is 0.278. The molecular weight excluding hydrogens is 281 g/mol. The summed E-state index contributed by atoms with van der Waals surface area (Å²) in [5.41, 5.74) is 0.457. The molecule has 0 heterocycles. The molecule has 0 unspecified atom stereocenters. The van der Waals surface area contributed by atoms with E-state index in [1.54, 1.807) is 30.3 Å². The molecule has 0 saturated heterocycles. The fourth-order valence-electron chi connectivity index (χ4n) is 2.64. The van der Waals surface area contributed by atoms with Crippen molar-refractivity contribution in [3.63, 3.8) is 0 Å². The Morgan fingerprint density at radius 3 is 2.45 bits per heavy atom. The van der Waals surface area contributed by atoms with Gasteiger partial charge in [-0.1, -0.05) is 18.2 Å². The van der Waals surface area contributed by atoms with Gasteiger partial charge in [0.05, 0.1) is 12.0 Å². The summed E-state index contributed by atoms with van der Waals surface area (Å²) in [5.74, 6) is 0.291. The Morgan fingerprint density at radius 1 is 1.18 bits per heavy atom. The number of hydrogen-bond acceptors (Lipinski definition) is 2. The molecule has 2 aromatic carbocycles. The molecule has 0 aromatic heterocycles. The summed E-state index contributed by atoms with van der Waals surface area (Å²) in [4.78, 5) is 12.6. The summed E-state index contributed by atoms with van der Waals surface area (Å²) in [6, 6.07) is 13.7. The van der Waals surface area contributed by atoms with Crippen molar-refractivity contribution in [3.05, 3.63) is 59.9 Å². The van der Waals surface area contributed by atoms with E-state index in [9.17, 15) is 9.18 Å². The van der Waals surface area contributed by atoms with Crippen LogP contribution in [0.25, 0.3) is 0 Å². The predicted molar refractivity (Wildman–Crippen MR) is 83.6 cm³/mol. The number of benzene rings is 2. The number of rotatable bonds is 5. The quantitative estimate of drug-likeness (QED) is 0.909. The highest BCUT2D eigenvalue weighted by Crippen LogP contribution is 2.49. The minimum atomic E-state index is -0.718. The number of nitrogens with one attached hydrogen (secondary N) is 1. The van der Waals surface area contributed by atoms with Crippen molar-refractivity contribution < 1.29 is 13.9 Å². The van der Waals surface area contributed by atoms with E-state index in [0.717, 1.165) is 5.75 Å². The first kappa shape index (κ1) is 14.6. The summed E-state index contributed by atoms with van der Waals surface area (Å²) in [7, 11) is 0. The van der Waals surface area contributed by atoms with Gasteiger partial charge < -0.3 is 10.1 Å². The van der Waals surface area contributed by atoms with Gasteiger partial charge in [-0.15, -0.1) is 0 Å². The third-order valence-electron chi connectivity index (χ3n) is 4.00. The molecule has 0 bridgehead atoms. The molecule has 0 aliphatic heterocycles. The van der Waals surface area contributed by atoms with Gasteiger partial charge in [-0.25, -0.2) is 4.39 Å². The average Bonchev–Trinajstić information content (AvgIpc) is 3.32. The molecule has 1 amide bonds. The van der Waals surface area contributed by atoms with Gasteiger partial charge in [-0.05, 0) is 50.1 Å². The molecule has 3 rings (SSSR count). The Morgan fingerprint density at radius 2 is 1.86 bits per heavy atom. The first-order valence-corrected chi connectivity index (χ1v) is 7.45.